The summed E-state index contributed by atoms with van der Waals surface area (Å²) in [6, 6.07) is 1.30. The summed E-state index contributed by atoms with van der Waals surface area (Å²) in [5, 5.41) is 22.5. The lowest BCUT2D eigenvalue weighted by Gasteiger charge is -2.09. The van der Waals surface area contributed by atoms with Crippen molar-refractivity contribution in [3.8, 4) is 0 Å². The van der Waals surface area contributed by atoms with Gasteiger partial charge in [-0.05, 0) is 26.8 Å². The van der Waals surface area contributed by atoms with Crippen LogP contribution in [0.2, 0.25) is 0 Å². The summed E-state index contributed by atoms with van der Waals surface area (Å²) >= 11 is 0. The van der Waals surface area contributed by atoms with Crippen LogP contribution in [0.3, 0.4) is 0 Å². The van der Waals surface area contributed by atoms with Crippen LogP contribution in [-0.4, -0.2) is 48.5 Å². The first-order valence-electron chi connectivity index (χ1n) is 8.25. The zero-order valence-electron chi connectivity index (χ0n) is 14.9. The predicted molar refractivity (Wildman–Crippen MR) is 92.9 cm³/mol. The molecular formula is C16H22N6O4. The van der Waals surface area contributed by atoms with Gasteiger partial charge in [0.25, 0.3) is 5.91 Å². The normalized spacial score (nSPS) is 10.8. The molecule has 2 amide bonds. The summed E-state index contributed by atoms with van der Waals surface area (Å²) in [6.45, 7) is 6.19. The first-order valence-corrected chi connectivity index (χ1v) is 8.25. The maximum atomic E-state index is 12.2. The smallest absolute Gasteiger partial charge is 0.354 e. The van der Waals surface area contributed by atoms with E-state index in [1.54, 1.807) is 10.9 Å². The molecule has 2 aromatic rings. The minimum atomic E-state index is -1.11. The van der Waals surface area contributed by atoms with Crippen LogP contribution in [0, 0.1) is 0 Å². The Balaban J connectivity index is 2.06. The van der Waals surface area contributed by atoms with Crippen LogP contribution < -0.4 is 10.6 Å². The molecule has 0 unspecified atom stereocenters. The third kappa shape index (κ3) is 4.68. The van der Waals surface area contributed by atoms with Crippen molar-refractivity contribution in [2.24, 2.45) is 0 Å². The number of rotatable bonds is 8. The number of amides is 2. The summed E-state index contributed by atoms with van der Waals surface area (Å²) in [5.74, 6) is -1.85. The van der Waals surface area contributed by atoms with E-state index < -0.39 is 5.97 Å². The number of carbonyl (C=O) groups is 3. The number of carboxylic acid groups (broad SMARTS) is 1. The quantitative estimate of drug-likeness (QED) is 0.641. The van der Waals surface area contributed by atoms with E-state index in [9.17, 15) is 14.4 Å². The third-order valence-corrected chi connectivity index (χ3v) is 3.48. The molecule has 0 aliphatic heterocycles. The fraction of sp³-hybridized carbons (Fsp3) is 0.438. The van der Waals surface area contributed by atoms with Gasteiger partial charge in [0.15, 0.2) is 5.69 Å². The van der Waals surface area contributed by atoms with E-state index in [0.29, 0.717) is 12.2 Å². The van der Waals surface area contributed by atoms with Crippen LogP contribution in [0.1, 0.15) is 48.2 Å². The summed E-state index contributed by atoms with van der Waals surface area (Å²) in [4.78, 5) is 35.5. The van der Waals surface area contributed by atoms with E-state index in [4.69, 9.17) is 5.11 Å². The first-order chi connectivity index (χ1) is 12.3. The molecule has 0 bridgehead atoms. The number of carboxylic acids is 1. The molecule has 0 aromatic carbocycles. The number of carbonyl (C=O) groups excluding carboxylic acids is 2. The minimum absolute atomic E-state index is 0.00447. The topological polar surface area (TPSA) is 131 Å². The number of hydrogen-bond donors (Lipinski definition) is 3. The lowest BCUT2D eigenvalue weighted by Crippen LogP contribution is -2.31. The van der Waals surface area contributed by atoms with E-state index in [1.165, 1.54) is 16.9 Å². The van der Waals surface area contributed by atoms with Crippen molar-refractivity contribution in [3.63, 3.8) is 0 Å². The van der Waals surface area contributed by atoms with Gasteiger partial charge in [-0.1, -0.05) is 0 Å². The molecule has 0 saturated carbocycles. The highest BCUT2D eigenvalue weighted by molar-refractivity contribution is 6.02. The minimum Gasteiger partial charge on any atom is -0.477 e. The summed E-state index contributed by atoms with van der Waals surface area (Å²) < 4.78 is 2.80. The Kier molecular flexibility index (Phi) is 6.10. The fourth-order valence-corrected chi connectivity index (χ4v) is 2.29. The van der Waals surface area contributed by atoms with Gasteiger partial charge in [-0.25, -0.2) is 4.79 Å². The third-order valence-electron chi connectivity index (χ3n) is 3.48. The number of aromatic carboxylic acids is 1. The number of nitrogens with zero attached hydrogens (tertiary/aromatic N) is 4. The average molecular weight is 362 g/mol. The van der Waals surface area contributed by atoms with Crippen LogP contribution in [-0.2, 0) is 17.9 Å². The van der Waals surface area contributed by atoms with Crippen LogP contribution in [0.15, 0.2) is 18.5 Å². The maximum absolute atomic E-state index is 12.2. The maximum Gasteiger partial charge on any atom is 0.354 e. The Bertz CT molecular complexity index is 808. The molecule has 0 fully saturated rings. The Morgan fingerprint density at radius 2 is 2.04 bits per heavy atom. The second-order valence-electron chi connectivity index (χ2n) is 5.92. The van der Waals surface area contributed by atoms with Crippen LogP contribution in [0.25, 0.3) is 0 Å². The number of hydrogen-bond acceptors (Lipinski definition) is 5. The number of aryl methyl sites for hydroxylation is 2. The van der Waals surface area contributed by atoms with Gasteiger partial charge < -0.3 is 15.7 Å². The van der Waals surface area contributed by atoms with Gasteiger partial charge in [-0.2, -0.15) is 10.2 Å². The molecule has 0 saturated heterocycles. The van der Waals surface area contributed by atoms with Crippen molar-refractivity contribution < 1.29 is 19.5 Å². The molecule has 0 aliphatic rings. The van der Waals surface area contributed by atoms with Crippen molar-refractivity contribution in [1.82, 2.24) is 24.9 Å². The lowest BCUT2D eigenvalue weighted by molar-refractivity contribution is -0.116. The zero-order valence-corrected chi connectivity index (χ0v) is 14.9. The summed E-state index contributed by atoms with van der Waals surface area (Å²) in [7, 11) is 0. The standard InChI is InChI=1S/C16H22N6O4/c1-4-21-9-11(14(20-21)15(24)18-10(2)3)19-13(23)6-8-22-12(16(25)26)5-7-17-22/h5,7,9-10H,4,6,8H2,1-3H3,(H,18,24)(H,19,23)(H,25,26). The highest BCUT2D eigenvalue weighted by Crippen LogP contribution is 2.15. The molecule has 2 rings (SSSR count). The van der Waals surface area contributed by atoms with Gasteiger partial charge in [0.2, 0.25) is 5.91 Å². The molecule has 0 spiro atoms. The Labute approximate surface area is 150 Å². The van der Waals surface area contributed by atoms with Gasteiger partial charge in [0.05, 0.1) is 12.2 Å². The van der Waals surface area contributed by atoms with Gasteiger partial charge in [-0.15, -0.1) is 0 Å². The van der Waals surface area contributed by atoms with Crippen molar-refractivity contribution in [2.45, 2.75) is 46.3 Å². The van der Waals surface area contributed by atoms with E-state index in [0.717, 1.165) is 0 Å². The zero-order chi connectivity index (χ0) is 19.3. The Morgan fingerprint density at radius 1 is 1.31 bits per heavy atom. The summed E-state index contributed by atoms with van der Waals surface area (Å²) in [5.41, 5.74) is 0.460. The number of anilines is 1. The lowest BCUT2D eigenvalue weighted by atomic mass is 10.3. The van der Waals surface area contributed by atoms with Gasteiger partial charge >= 0.3 is 5.97 Å². The first kappa shape index (κ1) is 19.2. The molecule has 10 heteroatoms. The molecule has 10 nitrogen and oxygen atoms in total. The SMILES string of the molecule is CCn1cc(NC(=O)CCn2nccc2C(=O)O)c(C(=O)NC(C)C)n1. The number of nitrogens with one attached hydrogen (secondary N) is 2. The largest absolute Gasteiger partial charge is 0.477 e. The molecule has 2 heterocycles. The molecular weight excluding hydrogens is 340 g/mol. The van der Waals surface area contributed by atoms with Crippen LogP contribution in [0.4, 0.5) is 5.69 Å². The predicted octanol–water partition coefficient (Wildman–Crippen LogP) is 0.965. The van der Waals surface area contributed by atoms with Gasteiger partial charge in [0, 0.05) is 31.4 Å². The molecule has 26 heavy (non-hydrogen) atoms. The fourth-order valence-electron chi connectivity index (χ4n) is 2.29. The highest BCUT2D eigenvalue weighted by atomic mass is 16.4. The van der Waals surface area contributed by atoms with E-state index in [1.807, 2.05) is 20.8 Å². The van der Waals surface area contributed by atoms with Crippen molar-refractivity contribution in [2.75, 3.05) is 5.32 Å². The van der Waals surface area contributed by atoms with Gasteiger partial charge in [-0.3, -0.25) is 19.0 Å². The second kappa shape index (κ2) is 8.28. The Hall–Kier alpha value is -3.17. The molecule has 140 valence electrons. The van der Waals surface area contributed by atoms with Crippen molar-refractivity contribution in [1.29, 1.82) is 0 Å². The average Bonchev–Trinajstić information content (AvgIpc) is 3.18. The molecule has 3 N–H and O–H groups in total. The molecule has 0 aliphatic carbocycles. The van der Waals surface area contributed by atoms with E-state index in [-0.39, 0.29) is 42.2 Å². The summed E-state index contributed by atoms with van der Waals surface area (Å²) in [6.07, 6.45) is 2.95. The second-order valence-corrected chi connectivity index (χ2v) is 5.92. The molecule has 0 radical (unpaired) electrons. The van der Waals surface area contributed by atoms with Crippen LogP contribution in [0.5, 0.6) is 0 Å². The Morgan fingerprint density at radius 3 is 2.65 bits per heavy atom. The monoisotopic (exact) mass is 362 g/mol. The number of aromatic nitrogens is 4. The van der Waals surface area contributed by atoms with E-state index in [2.05, 4.69) is 20.8 Å². The van der Waals surface area contributed by atoms with Crippen LogP contribution >= 0.6 is 0 Å². The van der Waals surface area contributed by atoms with Crippen molar-refractivity contribution in [3.05, 3.63) is 29.8 Å². The van der Waals surface area contributed by atoms with Crippen molar-refractivity contribution >= 4 is 23.5 Å². The van der Waals surface area contributed by atoms with Gasteiger partial charge in [0.1, 0.15) is 5.69 Å². The molecule has 0 atom stereocenters. The molecule has 2 aromatic heterocycles. The highest BCUT2D eigenvalue weighted by Gasteiger charge is 2.19. The van der Waals surface area contributed by atoms with E-state index >= 15 is 0 Å².